The Kier molecular flexibility index (Phi) is 7.13. The molecule has 0 spiro atoms. The van der Waals surface area contributed by atoms with Gasteiger partial charge in [-0.3, -0.25) is 9.59 Å². The number of carbonyl (C=O) groups excluding carboxylic acids is 2. The van der Waals surface area contributed by atoms with Gasteiger partial charge in [0.1, 0.15) is 6.04 Å². The molecule has 2 rings (SSSR count). The SMILES string of the molecule is CSCC[C@H](NC(=O)c1ccco1)C(=O)N[C@@H](C)c1cc(C)sc1C. The average molecular weight is 381 g/mol. The van der Waals surface area contributed by atoms with Gasteiger partial charge in [0.25, 0.3) is 5.91 Å². The van der Waals surface area contributed by atoms with E-state index in [0.29, 0.717) is 6.42 Å². The maximum atomic E-state index is 12.7. The summed E-state index contributed by atoms with van der Waals surface area (Å²) in [4.78, 5) is 27.3. The van der Waals surface area contributed by atoms with Crippen molar-refractivity contribution in [3.63, 3.8) is 0 Å². The second-order valence-corrected chi connectivity index (χ2v) is 8.33. The number of hydrogen-bond acceptors (Lipinski definition) is 5. The maximum Gasteiger partial charge on any atom is 0.287 e. The van der Waals surface area contributed by atoms with Crippen molar-refractivity contribution in [1.82, 2.24) is 10.6 Å². The molecular weight excluding hydrogens is 356 g/mol. The van der Waals surface area contributed by atoms with Crippen LogP contribution in [0.1, 0.15) is 45.3 Å². The van der Waals surface area contributed by atoms with Crippen molar-refractivity contribution >= 4 is 34.9 Å². The second kappa shape index (κ2) is 9.10. The summed E-state index contributed by atoms with van der Waals surface area (Å²) in [5, 5.41) is 5.80. The summed E-state index contributed by atoms with van der Waals surface area (Å²) in [7, 11) is 0. The minimum absolute atomic E-state index is 0.102. The number of amides is 2. The lowest BCUT2D eigenvalue weighted by atomic mass is 10.1. The lowest BCUT2D eigenvalue weighted by Gasteiger charge is -2.21. The molecule has 0 unspecified atom stereocenters. The molecule has 2 heterocycles. The third-order valence-corrected chi connectivity index (χ3v) is 5.51. The van der Waals surface area contributed by atoms with E-state index in [1.54, 1.807) is 35.2 Å². The molecule has 2 atom stereocenters. The molecule has 0 fully saturated rings. The fourth-order valence-electron chi connectivity index (χ4n) is 2.61. The molecule has 0 radical (unpaired) electrons. The molecule has 0 aliphatic heterocycles. The standard InChI is InChI=1S/C18H24N2O3S2/c1-11-10-14(13(3)25-11)12(2)19-17(21)15(7-9-24-4)20-18(22)16-6-5-8-23-16/h5-6,8,10,12,15H,7,9H2,1-4H3,(H,19,21)(H,20,22)/t12-,15-/m0/s1. The van der Waals surface area contributed by atoms with Gasteiger partial charge in [-0.15, -0.1) is 11.3 Å². The Bertz CT molecular complexity index is 710. The van der Waals surface area contributed by atoms with Crippen LogP contribution >= 0.6 is 23.1 Å². The molecule has 0 aliphatic carbocycles. The van der Waals surface area contributed by atoms with E-state index in [9.17, 15) is 9.59 Å². The van der Waals surface area contributed by atoms with Crippen molar-refractivity contribution < 1.29 is 14.0 Å². The fraction of sp³-hybridized carbons (Fsp3) is 0.444. The van der Waals surface area contributed by atoms with E-state index < -0.39 is 6.04 Å². The second-order valence-electron chi connectivity index (χ2n) is 5.88. The molecule has 0 aliphatic rings. The zero-order valence-corrected chi connectivity index (χ0v) is 16.6. The van der Waals surface area contributed by atoms with Crippen molar-refractivity contribution in [3.8, 4) is 0 Å². The first kappa shape index (κ1) is 19.6. The number of furan rings is 1. The Morgan fingerprint density at radius 2 is 2.08 bits per heavy atom. The number of hydrogen-bond donors (Lipinski definition) is 2. The molecule has 2 amide bonds. The van der Waals surface area contributed by atoms with Crippen molar-refractivity contribution in [2.24, 2.45) is 0 Å². The molecule has 136 valence electrons. The Morgan fingerprint density at radius 3 is 2.64 bits per heavy atom. The van der Waals surface area contributed by atoms with Crippen LogP contribution in [0.15, 0.2) is 28.9 Å². The number of carbonyl (C=O) groups is 2. The molecule has 0 saturated heterocycles. The van der Waals surface area contributed by atoms with Gasteiger partial charge < -0.3 is 15.1 Å². The summed E-state index contributed by atoms with van der Waals surface area (Å²) in [5.41, 5.74) is 1.12. The molecule has 25 heavy (non-hydrogen) atoms. The van der Waals surface area contributed by atoms with Crippen LogP contribution in [0.2, 0.25) is 0 Å². The van der Waals surface area contributed by atoms with E-state index >= 15 is 0 Å². The topological polar surface area (TPSA) is 71.3 Å². The highest BCUT2D eigenvalue weighted by Crippen LogP contribution is 2.26. The molecule has 2 aromatic heterocycles. The largest absolute Gasteiger partial charge is 0.459 e. The highest BCUT2D eigenvalue weighted by molar-refractivity contribution is 7.98. The van der Waals surface area contributed by atoms with E-state index in [1.807, 2.05) is 13.2 Å². The quantitative estimate of drug-likeness (QED) is 0.733. The summed E-state index contributed by atoms with van der Waals surface area (Å²) in [6, 6.07) is 4.64. The van der Waals surface area contributed by atoms with E-state index in [2.05, 4.69) is 30.5 Å². The molecule has 0 saturated carbocycles. The van der Waals surface area contributed by atoms with Crippen LogP contribution in [0, 0.1) is 13.8 Å². The summed E-state index contributed by atoms with van der Waals surface area (Å²) < 4.78 is 5.10. The number of thioether (sulfide) groups is 1. The van der Waals surface area contributed by atoms with Crippen LogP contribution in [0.3, 0.4) is 0 Å². The maximum absolute atomic E-state index is 12.7. The van der Waals surface area contributed by atoms with E-state index in [4.69, 9.17) is 4.42 Å². The summed E-state index contributed by atoms with van der Waals surface area (Å²) in [6.45, 7) is 6.08. The molecular formula is C18H24N2O3S2. The third-order valence-electron chi connectivity index (χ3n) is 3.88. The van der Waals surface area contributed by atoms with Crippen LogP contribution in [-0.2, 0) is 4.79 Å². The van der Waals surface area contributed by atoms with Gasteiger partial charge in [0.2, 0.25) is 5.91 Å². The highest BCUT2D eigenvalue weighted by atomic mass is 32.2. The van der Waals surface area contributed by atoms with Gasteiger partial charge >= 0.3 is 0 Å². The Labute approximate surface area is 156 Å². The molecule has 0 aromatic carbocycles. The summed E-state index contributed by atoms with van der Waals surface area (Å²) in [6.07, 6.45) is 3.98. The smallest absolute Gasteiger partial charge is 0.287 e. The lowest BCUT2D eigenvalue weighted by Crippen LogP contribution is -2.47. The van der Waals surface area contributed by atoms with Gasteiger partial charge in [-0.1, -0.05) is 0 Å². The zero-order valence-electron chi connectivity index (χ0n) is 14.9. The van der Waals surface area contributed by atoms with Crippen LogP contribution in [-0.4, -0.2) is 29.9 Å². The van der Waals surface area contributed by atoms with Gasteiger partial charge in [-0.05, 0) is 63.0 Å². The Hall–Kier alpha value is -1.73. The van der Waals surface area contributed by atoms with Crippen LogP contribution < -0.4 is 10.6 Å². The predicted octanol–water partition coefficient (Wildman–Crippen LogP) is 3.69. The lowest BCUT2D eigenvalue weighted by molar-refractivity contribution is -0.123. The molecule has 2 N–H and O–H groups in total. The molecule has 7 heteroatoms. The number of nitrogens with one attached hydrogen (secondary N) is 2. The predicted molar refractivity (Wildman–Crippen MR) is 103 cm³/mol. The van der Waals surface area contributed by atoms with Crippen LogP contribution in [0.5, 0.6) is 0 Å². The number of aryl methyl sites for hydroxylation is 2. The third kappa shape index (κ3) is 5.37. The van der Waals surface area contributed by atoms with Crippen molar-refractivity contribution in [1.29, 1.82) is 0 Å². The number of rotatable bonds is 8. The van der Waals surface area contributed by atoms with E-state index in [1.165, 1.54) is 16.0 Å². The van der Waals surface area contributed by atoms with Gasteiger partial charge in [-0.25, -0.2) is 0 Å². The van der Waals surface area contributed by atoms with Gasteiger partial charge in [0.05, 0.1) is 12.3 Å². The minimum atomic E-state index is -0.590. The molecule has 0 bridgehead atoms. The Balaban J connectivity index is 2.04. The summed E-state index contributed by atoms with van der Waals surface area (Å²) in [5.74, 6) is 0.437. The average Bonchev–Trinajstić information content (AvgIpc) is 3.20. The number of thiophene rings is 1. The van der Waals surface area contributed by atoms with E-state index in [-0.39, 0.29) is 23.6 Å². The van der Waals surface area contributed by atoms with Crippen molar-refractivity contribution in [2.75, 3.05) is 12.0 Å². The van der Waals surface area contributed by atoms with Crippen molar-refractivity contribution in [3.05, 3.63) is 45.5 Å². The first-order valence-corrected chi connectivity index (χ1v) is 10.3. The van der Waals surface area contributed by atoms with E-state index in [0.717, 1.165) is 11.3 Å². The minimum Gasteiger partial charge on any atom is -0.459 e. The van der Waals surface area contributed by atoms with Gasteiger partial charge in [0, 0.05) is 9.75 Å². The first-order valence-electron chi connectivity index (χ1n) is 8.13. The van der Waals surface area contributed by atoms with Crippen LogP contribution in [0.4, 0.5) is 0 Å². The van der Waals surface area contributed by atoms with Crippen LogP contribution in [0.25, 0.3) is 0 Å². The fourth-order valence-corrected chi connectivity index (χ4v) is 4.11. The monoisotopic (exact) mass is 380 g/mol. The van der Waals surface area contributed by atoms with Gasteiger partial charge in [0.15, 0.2) is 5.76 Å². The zero-order chi connectivity index (χ0) is 18.4. The first-order chi connectivity index (χ1) is 11.9. The molecule has 5 nitrogen and oxygen atoms in total. The Morgan fingerprint density at radius 1 is 1.32 bits per heavy atom. The van der Waals surface area contributed by atoms with Crippen molar-refractivity contribution in [2.45, 2.75) is 39.3 Å². The highest BCUT2D eigenvalue weighted by Gasteiger charge is 2.24. The summed E-state index contributed by atoms with van der Waals surface area (Å²) >= 11 is 3.36. The van der Waals surface area contributed by atoms with Gasteiger partial charge in [-0.2, -0.15) is 11.8 Å². The molecule has 2 aromatic rings. The normalized spacial score (nSPS) is 13.3.